The Morgan fingerprint density at radius 1 is 1.38 bits per heavy atom. The monoisotopic (exact) mass is 360 g/mol. The van der Waals surface area contributed by atoms with E-state index in [1.54, 1.807) is 0 Å². The molecule has 7 heteroatoms. The maximum absolute atomic E-state index is 13.0. The fourth-order valence-electron chi connectivity index (χ4n) is 3.02. The first kappa shape index (κ1) is 15.9. The lowest BCUT2D eigenvalue weighted by Gasteiger charge is -2.25. The first-order valence-corrected chi connectivity index (χ1v) is 9.99. The van der Waals surface area contributed by atoms with E-state index in [0.29, 0.717) is 6.04 Å². The summed E-state index contributed by atoms with van der Waals surface area (Å²) in [6.45, 7) is 4.06. The van der Waals surface area contributed by atoms with Gasteiger partial charge in [0.25, 0.3) is 0 Å². The standard InChI is InChI=1S/C17H20N4OS2/c1-10-9-12-5-3-4-6-14(12)21(10)15(22)11(2)23-17-20-19-16(24-17)18-13-7-8-13/h3-6,10-11,13H,7-9H2,1-2H3,(H,18,19)/t10-,11+/m1/s1. The van der Waals surface area contributed by atoms with Crippen LogP contribution in [0.1, 0.15) is 32.3 Å². The van der Waals surface area contributed by atoms with Crippen molar-refractivity contribution in [2.24, 2.45) is 0 Å². The average molecular weight is 361 g/mol. The third kappa shape index (κ3) is 3.15. The molecule has 0 saturated heterocycles. The summed E-state index contributed by atoms with van der Waals surface area (Å²) in [5.74, 6) is 0.143. The van der Waals surface area contributed by atoms with Gasteiger partial charge in [0, 0.05) is 17.8 Å². The lowest BCUT2D eigenvalue weighted by atomic mass is 10.1. The second-order valence-corrected chi connectivity index (χ2v) is 9.01. The lowest BCUT2D eigenvalue weighted by molar-refractivity contribution is -0.118. The van der Waals surface area contributed by atoms with Crippen LogP contribution in [-0.2, 0) is 11.2 Å². The molecule has 5 nitrogen and oxygen atoms in total. The lowest BCUT2D eigenvalue weighted by Crippen LogP contribution is -2.40. The van der Waals surface area contributed by atoms with Crippen molar-refractivity contribution >= 4 is 39.8 Å². The Balaban J connectivity index is 1.45. The van der Waals surface area contributed by atoms with Crippen molar-refractivity contribution < 1.29 is 4.79 Å². The van der Waals surface area contributed by atoms with Crippen LogP contribution in [0, 0.1) is 0 Å². The van der Waals surface area contributed by atoms with Crippen molar-refractivity contribution in [2.75, 3.05) is 10.2 Å². The number of thioether (sulfide) groups is 1. The quantitative estimate of drug-likeness (QED) is 0.826. The Morgan fingerprint density at radius 2 is 2.17 bits per heavy atom. The first-order chi connectivity index (χ1) is 11.6. The van der Waals surface area contributed by atoms with E-state index in [1.165, 1.54) is 41.5 Å². The summed E-state index contributed by atoms with van der Waals surface area (Å²) in [5.41, 5.74) is 2.30. The molecule has 2 heterocycles. The number of nitrogens with zero attached hydrogens (tertiary/aromatic N) is 3. The molecule has 4 rings (SSSR count). The zero-order valence-corrected chi connectivity index (χ0v) is 15.4. The summed E-state index contributed by atoms with van der Waals surface area (Å²) in [7, 11) is 0. The van der Waals surface area contributed by atoms with E-state index in [-0.39, 0.29) is 17.2 Å². The summed E-state index contributed by atoms with van der Waals surface area (Å²) in [5, 5.41) is 12.4. The van der Waals surface area contributed by atoms with Gasteiger partial charge in [0.2, 0.25) is 11.0 Å². The molecule has 0 bridgehead atoms. The number of hydrogen-bond donors (Lipinski definition) is 1. The van der Waals surface area contributed by atoms with Crippen molar-refractivity contribution in [1.29, 1.82) is 0 Å². The van der Waals surface area contributed by atoms with Crippen molar-refractivity contribution in [3.63, 3.8) is 0 Å². The number of aromatic nitrogens is 2. The van der Waals surface area contributed by atoms with E-state index < -0.39 is 0 Å². The van der Waals surface area contributed by atoms with Gasteiger partial charge in [0.1, 0.15) is 0 Å². The zero-order valence-electron chi connectivity index (χ0n) is 13.7. The average Bonchev–Trinajstić information content (AvgIpc) is 3.16. The Bertz CT molecular complexity index is 759. The third-order valence-corrected chi connectivity index (χ3v) is 6.41. The SMILES string of the molecule is C[C@H](Sc1nnc(NC2CC2)s1)C(=O)N1c2ccccc2C[C@H]1C. The van der Waals surface area contributed by atoms with Crippen LogP contribution < -0.4 is 10.2 Å². The van der Waals surface area contributed by atoms with Crippen molar-refractivity contribution in [2.45, 2.75) is 54.8 Å². The molecule has 126 valence electrons. The van der Waals surface area contributed by atoms with E-state index >= 15 is 0 Å². The van der Waals surface area contributed by atoms with Gasteiger partial charge in [-0.15, -0.1) is 10.2 Å². The van der Waals surface area contributed by atoms with Crippen LogP contribution >= 0.6 is 23.1 Å². The summed E-state index contributed by atoms with van der Waals surface area (Å²) in [6, 6.07) is 8.95. The van der Waals surface area contributed by atoms with Gasteiger partial charge in [-0.3, -0.25) is 4.79 Å². The van der Waals surface area contributed by atoms with Crippen LogP contribution in [0.3, 0.4) is 0 Å². The second kappa shape index (κ2) is 6.37. The molecule has 0 radical (unpaired) electrons. The molecule has 1 aromatic heterocycles. The summed E-state index contributed by atoms with van der Waals surface area (Å²) in [6.07, 6.45) is 3.35. The molecule has 1 fully saturated rings. The fourth-order valence-corrected chi connectivity index (χ4v) is 5.04. The normalized spacial score (nSPS) is 20.8. The van der Waals surface area contributed by atoms with Crippen LogP contribution in [0.15, 0.2) is 28.6 Å². The van der Waals surface area contributed by atoms with Gasteiger partial charge in [-0.25, -0.2) is 0 Å². The van der Waals surface area contributed by atoms with Crippen LogP contribution in [0.4, 0.5) is 10.8 Å². The number of amides is 1. The Morgan fingerprint density at radius 3 is 2.96 bits per heavy atom. The number of carbonyl (C=O) groups excluding carboxylic acids is 1. The van der Waals surface area contributed by atoms with Gasteiger partial charge < -0.3 is 10.2 Å². The van der Waals surface area contributed by atoms with Crippen LogP contribution in [-0.4, -0.2) is 33.4 Å². The number of hydrogen-bond acceptors (Lipinski definition) is 6. The van der Waals surface area contributed by atoms with Gasteiger partial charge in [-0.05, 0) is 44.7 Å². The van der Waals surface area contributed by atoms with E-state index in [1.807, 2.05) is 30.0 Å². The molecule has 2 atom stereocenters. The molecular formula is C17H20N4OS2. The number of benzene rings is 1. The van der Waals surface area contributed by atoms with Crippen LogP contribution in [0.25, 0.3) is 0 Å². The van der Waals surface area contributed by atoms with Gasteiger partial charge in [0.15, 0.2) is 4.34 Å². The number of anilines is 2. The Labute approximate surface area is 149 Å². The Hall–Kier alpha value is -1.60. The largest absolute Gasteiger partial charge is 0.357 e. The van der Waals surface area contributed by atoms with Crippen molar-refractivity contribution in [3.8, 4) is 0 Å². The van der Waals surface area contributed by atoms with E-state index in [0.717, 1.165) is 21.6 Å². The van der Waals surface area contributed by atoms with Crippen LogP contribution in [0.2, 0.25) is 0 Å². The highest BCUT2D eigenvalue weighted by Gasteiger charge is 2.33. The third-order valence-electron chi connectivity index (χ3n) is 4.38. The van der Waals surface area contributed by atoms with Gasteiger partial charge >= 0.3 is 0 Å². The number of rotatable bonds is 5. The molecule has 1 amide bonds. The van der Waals surface area contributed by atoms with Gasteiger partial charge in [-0.1, -0.05) is 41.3 Å². The van der Waals surface area contributed by atoms with Gasteiger partial charge in [0.05, 0.1) is 5.25 Å². The van der Waals surface area contributed by atoms with E-state index in [4.69, 9.17) is 0 Å². The van der Waals surface area contributed by atoms with Crippen LogP contribution in [0.5, 0.6) is 0 Å². The number of fused-ring (bicyclic) bond motifs is 1. The van der Waals surface area contributed by atoms with E-state index in [9.17, 15) is 4.79 Å². The highest BCUT2D eigenvalue weighted by atomic mass is 32.2. The maximum Gasteiger partial charge on any atom is 0.240 e. The van der Waals surface area contributed by atoms with Gasteiger partial charge in [-0.2, -0.15) is 0 Å². The molecular weight excluding hydrogens is 340 g/mol. The molecule has 2 aromatic rings. The molecule has 24 heavy (non-hydrogen) atoms. The number of carbonyl (C=O) groups is 1. The highest BCUT2D eigenvalue weighted by Crippen LogP contribution is 2.36. The topological polar surface area (TPSA) is 58.1 Å². The van der Waals surface area contributed by atoms with Crippen molar-refractivity contribution in [1.82, 2.24) is 10.2 Å². The first-order valence-electron chi connectivity index (χ1n) is 8.29. The predicted octanol–water partition coefficient (Wildman–Crippen LogP) is 3.57. The molecule has 2 aliphatic rings. The highest BCUT2D eigenvalue weighted by molar-refractivity contribution is 8.02. The molecule has 1 aromatic carbocycles. The van der Waals surface area contributed by atoms with Crippen molar-refractivity contribution in [3.05, 3.63) is 29.8 Å². The molecule has 1 N–H and O–H groups in total. The van der Waals surface area contributed by atoms with E-state index in [2.05, 4.69) is 28.5 Å². The molecule has 0 unspecified atom stereocenters. The summed E-state index contributed by atoms with van der Waals surface area (Å²) >= 11 is 3.03. The molecule has 1 aliphatic carbocycles. The summed E-state index contributed by atoms with van der Waals surface area (Å²) in [4.78, 5) is 14.9. The zero-order chi connectivity index (χ0) is 16.7. The maximum atomic E-state index is 13.0. The second-order valence-electron chi connectivity index (χ2n) is 6.44. The molecule has 0 spiro atoms. The fraction of sp³-hybridized carbons (Fsp3) is 0.471. The Kier molecular flexibility index (Phi) is 4.22. The molecule has 1 aliphatic heterocycles. The summed E-state index contributed by atoms with van der Waals surface area (Å²) < 4.78 is 0.846. The minimum Gasteiger partial charge on any atom is -0.357 e. The minimum atomic E-state index is -0.180. The smallest absolute Gasteiger partial charge is 0.240 e. The number of nitrogens with one attached hydrogen (secondary N) is 1. The minimum absolute atomic E-state index is 0.143. The molecule has 1 saturated carbocycles. The number of para-hydroxylation sites is 1. The predicted molar refractivity (Wildman–Crippen MR) is 99.0 cm³/mol.